The third-order valence-electron chi connectivity index (χ3n) is 3.29. The van der Waals surface area contributed by atoms with E-state index < -0.39 is 12.2 Å². The molecule has 0 radical (unpaired) electrons. The molecular weight excluding hydrogens is 302 g/mol. The topological polar surface area (TPSA) is 128 Å². The molecule has 1 aromatic heterocycles. The highest BCUT2D eigenvalue weighted by molar-refractivity contribution is 7.15. The van der Waals surface area contributed by atoms with E-state index in [4.69, 9.17) is 11.3 Å². The van der Waals surface area contributed by atoms with Crippen LogP contribution in [0.5, 0.6) is 0 Å². The summed E-state index contributed by atoms with van der Waals surface area (Å²) in [5.74, 6) is 0. The Labute approximate surface area is 131 Å². The molecule has 2 rings (SSSR count). The molecule has 1 aromatic carbocycles. The van der Waals surface area contributed by atoms with Gasteiger partial charge in [0.1, 0.15) is 6.10 Å². The van der Waals surface area contributed by atoms with Gasteiger partial charge in [0.15, 0.2) is 5.13 Å². The van der Waals surface area contributed by atoms with Gasteiger partial charge in [-0.15, -0.1) is 11.3 Å². The van der Waals surface area contributed by atoms with Crippen molar-refractivity contribution in [2.75, 3.05) is 12.3 Å². The number of aryl methyl sites for hydroxylation is 1. The molecule has 0 amide bonds. The first-order chi connectivity index (χ1) is 10.5. The van der Waals surface area contributed by atoms with Gasteiger partial charge in [-0.05, 0) is 24.4 Å². The third-order valence-corrected chi connectivity index (χ3v) is 4.09. The van der Waals surface area contributed by atoms with E-state index in [9.17, 15) is 10.2 Å². The van der Waals surface area contributed by atoms with Gasteiger partial charge in [-0.3, -0.25) is 0 Å². The number of nitrogens with two attached hydrogens (primary N) is 1. The molecule has 4 N–H and O–H groups in total. The lowest BCUT2D eigenvalue weighted by Crippen LogP contribution is -2.19. The second kappa shape index (κ2) is 7.24. The minimum absolute atomic E-state index is 0.143. The Hall–Kier alpha value is -2.12. The van der Waals surface area contributed by atoms with E-state index in [1.807, 2.05) is 19.1 Å². The quantitative estimate of drug-likeness (QED) is 0.429. The molecule has 1 heterocycles. The molecular formula is C14H17N5O2S. The van der Waals surface area contributed by atoms with Crippen molar-refractivity contribution in [1.82, 2.24) is 4.98 Å². The molecule has 0 saturated heterocycles. The summed E-state index contributed by atoms with van der Waals surface area (Å²) >= 11 is 1.43. The maximum Gasteiger partial charge on any atom is 0.180 e. The Morgan fingerprint density at radius 1 is 1.36 bits per heavy atom. The first-order valence-corrected chi connectivity index (χ1v) is 7.54. The Morgan fingerprint density at radius 2 is 2.05 bits per heavy atom. The number of nitrogens with zero attached hydrogens (tertiary/aromatic N) is 4. The lowest BCUT2D eigenvalue weighted by atomic mass is 10.00. The summed E-state index contributed by atoms with van der Waals surface area (Å²) in [7, 11) is 0. The molecule has 2 atom stereocenters. The normalized spacial score (nSPS) is 13.4. The van der Waals surface area contributed by atoms with Crippen molar-refractivity contribution in [3.05, 3.63) is 45.1 Å². The van der Waals surface area contributed by atoms with E-state index in [0.29, 0.717) is 10.7 Å². The van der Waals surface area contributed by atoms with Crippen molar-refractivity contribution in [3.8, 4) is 11.3 Å². The average molecular weight is 319 g/mol. The molecule has 2 unspecified atom stereocenters. The van der Waals surface area contributed by atoms with Gasteiger partial charge in [-0.25, -0.2) is 4.98 Å². The summed E-state index contributed by atoms with van der Waals surface area (Å²) in [4.78, 5) is 7.92. The van der Waals surface area contributed by atoms with Crippen molar-refractivity contribution in [1.29, 1.82) is 0 Å². The minimum Gasteiger partial charge on any atom is -0.390 e. The van der Waals surface area contributed by atoms with Crippen LogP contribution in [0.1, 0.15) is 23.0 Å². The number of anilines is 1. The molecule has 2 aromatic rings. The molecule has 0 aliphatic rings. The van der Waals surface area contributed by atoms with Crippen molar-refractivity contribution in [3.63, 3.8) is 0 Å². The lowest BCUT2D eigenvalue weighted by molar-refractivity contribution is 0.0150. The lowest BCUT2D eigenvalue weighted by Gasteiger charge is -2.17. The monoisotopic (exact) mass is 319 g/mol. The van der Waals surface area contributed by atoms with Crippen LogP contribution in [0.15, 0.2) is 29.4 Å². The van der Waals surface area contributed by atoms with E-state index in [1.54, 1.807) is 12.1 Å². The predicted molar refractivity (Wildman–Crippen MR) is 86.3 cm³/mol. The Kier molecular flexibility index (Phi) is 5.35. The fourth-order valence-electron chi connectivity index (χ4n) is 2.14. The zero-order valence-electron chi connectivity index (χ0n) is 12.0. The zero-order valence-corrected chi connectivity index (χ0v) is 12.9. The summed E-state index contributed by atoms with van der Waals surface area (Å²) in [5, 5.41) is 23.8. The van der Waals surface area contributed by atoms with Crippen LogP contribution < -0.4 is 5.73 Å². The van der Waals surface area contributed by atoms with E-state index >= 15 is 0 Å². The zero-order chi connectivity index (χ0) is 16.1. The number of thiazole rings is 1. The van der Waals surface area contributed by atoms with Gasteiger partial charge in [0.2, 0.25) is 0 Å². The second-order valence-corrected chi connectivity index (χ2v) is 6.07. The number of aliphatic hydroxyl groups is 2. The van der Waals surface area contributed by atoms with Gasteiger partial charge in [0, 0.05) is 21.9 Å². The summed E-state index contributed by atoms with van der Waals surface area (Å²) in [6.45, 7) is 2.09. The standard InChI is InChI=1S/C14H17N5O2S/c1-8-12(18-14(15)22-8)9-2-4-10(5-3-9)13(21)11(20)6-7-17-19-16/h2-5,11,13,20-21H,6-7H2,1H3,(H2,15,18). The smallest absolute Gasteiger partial charge is 0.180 e. The summed E-state index contributed by atoms with van der Waals surface area (Å²) in [5.41, 5.74) is 16.2. The largest absolute Gasteiger partial charge is 0.390 e. The van der Waals surface area contributed by atoms with E-state index in [1.165, 1.54) is 11.3 Å². The van der Waals surface area contributed by atoms with Crippen LogP contribution in [-0.4, -0.2) is 27.8 Å². The number of azide groups is 1. The number of aliphatic hydroxyl groups excluding tert-OH is 2. The maximum absolute atomic E-state index is 10.1. The van der Waals surface area contributed by atoms with Crippen molar-refractivity contribution < 1.29 is 10.2 Å². The van der Waals surface area contributed by atoms with Crippen LogP contribution in [0.25, 0.3) is 21.7 Å². The van der Waals surface area contributed by atoms with Crippen LogP contribution in [-0.2, 0) is 0 Å². The highest BCUT2D eigenvalue weighted by atomic mass is 32.1. The van der Waals surface area contributed by atoms with Crippen molar-refractivity contribution in [2.45, 2.75) is 25.6 Å². The first-order valence-electron chi connectivity index (χ1n) is 6.73. The molecule has 22 heavy (non-hydrogen) atoms. The molecule has 0 fully saturated rings. The Balaban J connectivity index is 2.11. The van der Waals surface area contributed by atoms with Gasteiger partial charge in [0.05, 0.1) is 11.8 Å². The Morgan fingerprint density at radius 3 is 2.59 bits per heavy atom. The predicted octanol–water partition coefficient (Wildman–Crippen LogP) is 2.80. The molecule has 116 valence electrons. The van der Waals surface area contributed by atoms with Gasteiger partial charge in [-0.1, -0.05) is 29.4 Å². The van der Waals surface area contributed by atoms with Gasteiger partial charge < -0.3 is 15.9 Å². The first kappa shape index (κ1) is 16.3. The van der Waals surface area contributed by atoms with Gasteiger partial charge >= 0.3 is 0 Å². The molecule has 0 saturated carbocycles. The number of hydrogen-bond acceptors (Lipinski definition) is 6. The highest BCUT2D eigenvalue weighted by Gasteiger charge is 2.18. The van der Waals surface area contributed by atoms with E-state index in [0.717, 1.165) is 16.1 Å². The number of nitrogen functional groups attached to an aromatic ring is 1. The van der Waals surface area contributed by atoms with E-state index in [2.05, 4.69) is 15.0 Å². The maximum atomic E-state index is 10.1. The molecule has 7 nitrogen and oxygen atoms in total. The van der Waals surface area contributed by atoms with Crippen molar-refractivity contribution in [2.24, 2.45) is 5.11 Å². The molecule has 0 aliphatic carbocycles. The van der Waals surface area contributed by atoms with Crippen LogP contribution in [0.2, 0.25) is 0 Å². The van der Waals surface area contributed by atoms with Crippen LogP contribution in [0.3, 0.4) is 0 Å². The summed E-state index contributed by atoms with van der Waals surface area (Å²) in [6, 6.07) is 7.15. The fraction of sp³-hybridized carbons (Fsp3) is 0.357. The highest BCUT2D eigenvalue weighted by Crippen LogP contribution is 2.30. The average Bonchev–Trinajstić information content (AvgIpc) is 2.85. The van der Waals surface area contributed by atoms with E-state index in [-0.39, 0.29) is 13.0 Å². The minimum atomic E-state index is -1.02. The van der Waals surface area contributed by atoms with Gasteiger partial charge in [0.25, 0.3) is 0 Å². The van der Waals surface area contributed by atoms with Crippen LogP contribution in [0.4, 0.5) is 5.13 Å². The van der Waals surface area contributed by atoms with Crippen LogP contribution in [0, 0.1) is 6.92 Å². The molecule has 0 aliphatic heterocycles. The summed E-state index contributed by atoms with van der Waals surface area (Å²) in [6.07, 6.45) is -1.80. The number of hydrogen-bond donors (Lipinski definition) is 3. The summed E-state index contributed by atoms with van der Waals surface area (Å²) < 4.78 is 0. The SMILES string of the molecule is Cc1sc(N)nc1-c1ccc(C(O)C(O)CCN=[N+]=[N-])cc1. The molecule has 8 heteroatoms. The van der Waals surface area contributed by atoms with Crippen LogP contribution >= 0.6 is 11.3 Å². The number of benzene rings is 1. The third kappa shape index (κ3) is 3.75. The molecule has 0 bridgehead atoms. The fourth-order valence-corrected chi connectivity index (χ4v) is 2.85. The Bertz CT molecular complexity index is 679. The number of aromatic nitrogens is 1. The van der Waals surface area contributed by atoms with Gasteiger partial charge in [-0.2, -0.15) is 0 Å². The van der Waals surface area contributed by atoms with Crippen molar-refractivity contribution >= 4 is 16.5 Å². The second-order valence-electron chi connectivity index (χ2n) is 4.83. The molecule has 0 spiro atoms. The number of rotatable bonds is 6.